The number of carbonyl (C=O) groups excluding carboxylic acids is 1. The average Bonchev–Trinajstić information content (AvgIpc) is 3.06. The summed E-state index contributed by atoms with van der Waals surface area (Å²) >= 11 is 0.942. The Labute approximate surface area is 136 Å². The van der Waals surface area contributed by atoms with Gasteiger partial charge in [0.1, 0.15) is 5.69 Å². The van der Waals surface area contributed by atoms with E-state index in [1.54, 1.807) is 0 Å². The number of alkyl halides is 3. The zero-order valence-electron chi connectivity index (χ0n) is 12.7. The van der Waals surface area contributed by atoms with Gasteiger partial charge in [0.25, 0.3) is 0 Å². The van der Waals surface area contributed by atoms with Crippen molar-refractivity contribution >= 4 is 17.7 Å². The molecule has 2 fully saturated rings. The molecule has 3 rings (SSSR count). The Hall–Kier alpha value is -1.31. The summed E-state index contributed by atoms with van der Waals surface area (Å²) in [4.78, 5) is 19.5. The summed E-state index contributed by atoms with van der Waals surface area (Å²) in [5.41, 5.74) is -0.732. The second-order valence-electron chi connectivity index (χ2n) is 6.31. The Bertz CT molecular complexity index is 608. The third kappa shape index (κ3) is 3.97. The lowest BCUT2D eigenvalue weighted by Crippen LogP contribution is -2.39. The molecule has 2 saturated carbocycles. The number of fused-ring (bicyclic) bond motifs is 2. The number of hydrogen-bond donors (Lipinski definition) is 1. The van der Waals surface area contributed by atoms with Crippen molar-refractivity contribution in [2.24, 2.45) is 11.8 Å². The highest BCUT2D eigenvalue weighted by atomic mass is 32.2. The van der Waals surface area contributed by atoms with Crippen molar-refractivity contribution in [1.82, 2.24) is 15.3 Å². The van der Waals surface area contributed by atoms with Gasteiger partial charge < -0.3 is 5.32 Å². The molecule has 0 spiro atoms. The van der Waals surface area contributed by atoms with Crippen molar-refractivity contribution in [2.75, 3.05) is 5.75 Å². The van der Waals surface area contributed by atoms with Crippen LogP contribution in [0.15, 0.2) is 11.2 Å². The molecule has 1 heterocycles. The molecule has 23 heavy (non-hydrogen) atoms. The highest BCUT2D eigenvalue weighted by molar-refractivity contribution is 7.99. The summed E-state index contributed by atoms with van der Waals surface area (Å²) in [5, 5.41) is 2.99. The van der Waals surface area contributed by atoms with E-state index in [-0.39, 0.29) is 28.6 Å². The molecule has 0 saturated heterocycles. The number of rotatable bonds is 4. The van der Waals surface area contributed by atoms with Gasteiger partial charge in [-0.3, -0.25) is 4.79 Å². The minimum atomic E-state index is -4.51. The third-order valence-corrected chi connectivity index (χ3v) is 5.39. The van der Waals surface area contributed by atoms with E-state index in [1.165, 1.54) is 26.2 Å². The minimum absolute atomic E-state index is 0.0135. The number of aromatic nitrogens is 2. The summed E-state index contributed by atoms with van der Waals surface area (Å²) in [5.74, 6) is 1.17. The number of nitrogens with zero attached hydrogens (tertiary/aromatic N) is 2. The maximum absolute atomic E-state index is 12.7. The van der Waals surface area contributed by atoms with Crippen molar-refractivity contribution in [3.8, 4) is 0 Å². The van der Waals surface area contributed by atoms with Crippen LogP contribution in [-0.4, -0.2) is 27.7 Å². The first-order chi connectivity index (χ1) is 10.8. The van der Waals surface area contributed by atoms with Gasteiger partial charge in [0, 0.05) is 11.7 Å². The van der Waals surface area contributed by atoms with E-state index in [2.05, 4.69) is 15.3 Å². The lowest BCUT2D eigenvalue weighted by atomic mass is 9.95. The molecule has 126 valence electrons. The van der Waals surface area contributed by atoms with Crippen LogP contribution in [0.4, 0.5) is 13.2 Å². The first-order valence-electron chi connectivity index (χ1n) is 7.66. The largest absolute Gasteiger partial charge is 0.433 e. The van der Waals surface area contributed by atoms with Crippen LogP contribution in [0.2, 0.25) is 0 Å². The summed E-state index contributed by atoms with van der Waals surface area (Å²) < 4.78 is 38.2. The molecule has 0 aliphatic heterocycles. The topological polar surface area (TPSA) is 54.9 Å². The van der Waals surface area contributed by atoms with Crippen LogP contribution in [0.1, 0.15) is 37.1 Å². The zero-order chi connectivity index (χ0) is 16.6. The molecule has 3 atom stereocenters. The summed E-state index contributed by atoms with van der Waals surface area (Å²) in [6.07, 6.45) is 0.129. The SMILES string of the molecule is Cc1cc(C(F)(F)F)nc(SCC(=O)N[C@@H]2C[C@@H]3CC[C@@H]2C3)n1. The maximum atomic E-state index is 12.7. The number of amides is 1. The van der Waals surface area contributed by atoms with Crippen LogP contribution in [0.5, 0.6) is 0 Å². The quantitative estimate of drug-likeness (QED) is 0.673. The predicted octanol–water partition coefficient (Wildman–Crippen LogP) is 3.20. The van der Waals surface area contributed by atoms with Gasteiger partial charge in [-0.1, -0.05) is 18.2 Å². The number of nitrogens with one attached hydrogen (secondary N) is 1. The highest BCUT2D eigenvalue weighted by Gasteiger charge is 2.40. The normalized spacial score (nSPS) is 26.5. The Kier molecular flexibility index (Phi) is 4.53. The molecule has 0 unspecified atom stereocenters. The fourth-order valence-electron chi connectivity index (χ4n) is 3.55. The lowest BCUT2D eigenvalue weighted by molar-refractivity contribution is -0.141. The second-order valence-corrected chi connectivity index (χ2v) is 7.25. The van der Waals surface area contributed by atoms with Crippen molar-refractivity contribution in [3.63, 3.8) is 0 Å². The van der Waals surface area contributed by atoms with Crippen LogP contribution in [0.25, 0.3) is 0 Å². The average molecular weight is 345 g/mol. The number of hydrogen-bond acceptors (Lipinski definition) is 4. The van der Waals surface area contributed by atoms with Crippen LogP contribution in [-0.2, 0) is 11.0 Å². The molecule has 8 heteroatoms. The molecule has 0 aromatic carbocycles. The van der Waals surface area contributed by atoms with E-state index in [9.17, 15) is 18.0 Å². The van der Waals surface area contributed by atoms with Gasteiger partial charge in [-0.05, 0) is 44.1 Å². The molecule has 1 N–H and O–H groups in total. The molecule has 2 aliphatic rings. The van der Waals surface area contributed by atoms with Gasteiger partial charge in [0.15, 0.2) is 5.16 Å². The van der Waals surface area contributed by atoms with Crippen molar-refractivity contribution in [2.45, 2.75) is 50.0 Å². The van der Waals surface area contributed by atoms with Crippen LogP contribution >= 0.6 is 11.8 Å². The standard InChI is InChI=1S/C15H18F3N3OS/c1-8-4-12(15(16,17)18)21-14(19-8)23-7-13(22)20-11-6-9-2-3-10(11)5-9/h4,9-11H,2-3,5-7H2,1H3,(H,20,22)/t9-,10-,11-/m1/s1. The van der Waals surface area contributed by atoms with E-state index in [1.807, 2.05) is 0 Å². The van der Waals surface area contributed by atoms with Gasteiger partial charge in [0.2, 0.25) is 5.91 Å². The highest BCUT2D eigenvalue weighted by Crippen LogP contribution is 2.44. The van der Waals surface area contributed by atoms with Gasteiger partial charge in [-0.25, -0.2) is 9.97 Å². The smallest absolute Gasteiger partial charge is 0.352 e. The number of halogens is 3. The van der Waals surface area contributed by atoms with Gasteiger partial charge in [-0.15, -0.1) is 0 Å². The Morgan fingerprint density at radius 2 is 2.13 bits per heavy atom. The fourth-order valence-corrected chi connectivity index (χ4v) is 4.27. The van der Waals surface area contributed by atoms with E-state index in [0.29, 0.717) is 5.92 Å². The molecule has 0 radical (unpaired) electrons. The summed E-state index contributed by atoms with van der Waals surface area (Å²) in [6.45, 7) is 1.48. The second kappa shape index (κ2) is 6.30. The van der Waals surface area contributed by atoms with E-state index in [0.717, 1.165) is 30.2 Å². The number of thioether (sulfide) groups is 1. The monoisotopic (exact) mass is 345 g/mol. The van der Waals surface area contributed by atoms with E-state index >= 15 is 0 Å². The van der Waals surface area contributed by atoms with Crippen LogP contribution < -0.4 is 5.32 Å². The molecular formula is C15H18F3N3OS. The Morgan fingerprint density at radius 1 is 1.35 bits per heavy atom. The fraction of sp³-hybridized carbons (Fsp3) is 0.667. The first-order valence-corrected chi connectivity index (χ1v) is 8.65. The van der Waals surface area contributed by atoms with Crippen molar-refractivity contribution in [3.05, 3.63) is 17.5 Å². The molecule has 1 aromatic heterocycles. The van der Waals surface area contributed by atoms with Crippen LogP contribution in [0.3, 0.4) is 0 Å². The summed E-state index contributed by atoms with van der Waals surface area (Å²) in [6, 6.07) is 1.13. The van der Waals surface area contributed by atoms with Crippen LogP contribution in [0, 0.1) is 18.8 Å². The van der Waals surface area contributed by atoms with Gasteiger partial charge in [-0.2, -0.15) is 13.2 Å². The van der Waals surface area contributed by atoms with E-state index in [4.69, 9.17) is 0 Å². The number of aryl methyl sites for hydroxylation is 1. The first kappa shape index (κ1) is 16.5. The Balaban J connectivity index is 1.55. The molecule has 1 amide bonds. The number of carbonyl (C=O) groups is 1. The molecule has 4 nitrogen and oxygen atoms in total. The molecule has 2 bridgehead atoms. The maximum Gasteiger partial charge on any atom is 0.433 e. The van der Waals surface area contributed by atoms with Gasteiger partial charge in [0.05, 0.1) is 5.75 Å². The Morgan fingerprint density at radius 3 is 2.74 bits per heavy atom. The third-order valence-electron chi connectivity index (χ3n) is 4.54. The summed E-state index contributed by atoms with van der Waals surface area (Å²) in [7, 11) is 0. The molecule has 2 aliphatic carbocycles. The van der Waals surface area contributed by atoms with Gasteiger partial charge >= 0.3 is 6.18 Å². The van der Waals surface area contributed by atoms with E-state index < -0.39 is 11.9 Å². The predicted molar refractivity (Wildman–Crippen MR) is 79.9 cm³/mol. The van der Waals surface area contributed by atoms with Crippen molar-refractivity contribution in [1.29, 1.82) is 0 Å². The minimum Gasteiger partial charge on any atom is -0.352 e. The molecule has 1 aromatic rings. The lowest BCUT2D eigenvalue weighted by Gasteiger charge is -2.22. The zero-order valence-corrected chi connectivity index (χ0v) is 13.5. The molecular weight excluding hydrogens is 327 g/mol. The van der Waals surface area contributed by atoms with Crippen molar-refractivity contribution < 1.29 is 18.0 Å².